The number of carbonyl (C=O) groups is 1. The fourth-order valence-corrected chi connectivity index (χ4v) is 3.49. The van der Waals surface area contributed by atoms with Crippen LogP contribution in [0.15, 0.2) is 42.5 Å². The van der Waals surface area contributed by atoms with Crippen molar-refractivity contribution in [1.82, 2.24) is 0 Å². The first kappa shape index (κ1) is 15.1. The maximum absolute atomic E-state index is 12.4. The molecule has 1 fully saturated rings. The summed E-state index contributed by atoms with van der Waals surface area (Å²) in [6.07, 6.45) is 5.34. The van der Waals surface area contributed by atoms with E-state index in [2.05, 4.69) is 5.32 Å². The third-order valence-electron chi connectivity index (χ3n) is 4.80. The van der Waals surface area contributed by atoms with Gasteiger partial charge in [0.1, 0.15) is 0 Å². The van der Waals surface area contributed by atoms with Gasteiger partial charge in [0.05, 0.1) is 0 Å². The smallest absolute Gasteiger partial charge is 0.255 e. The highest BCUT2D eigenvalue weighted by molar-refractivity contribution is 6.05. The number of ether oxygens (including phenoxy) is 2. The third-order valence-corrected chi connectivity index (χ3v) is 4.80. The summed E-state index contributed by atoms with van der Waals surface area (Å²) in [7, 11) is 0. The summed E-state index contributed by atoms with van der Waals surface area (Å²) in [6.45, 7) is 1.93. The van der Waals surface area contributed by atoms with Gasteiger partial charge in [-0.15, -0.1) is 0 Å². The lowest BCUT2D eigenvalue weighted by Crippen LogP contribution is -2.40. The summed E-state index contributed by atoms with van der Waals surface area (Å²) >= 11 is 0. The Kier molecular flexibility index (Phi) is 3.68. The Morgan fingerprint density at radius 3 is 2.54 bits per heavy atom. The van der Waals surface area contributed by atoms with Gasteiger partial charge in [-0.1, -0.05) is 24.6 Å². The van der Waals surface area contributed by atoms with E-state index in [0.717, 1.165) is 48.4 Å². The molecule has 4 rings (SSSR count). The number of rotatable bonds is 2. The van der Waals surface area contributed by atoms with Gasteiger partial charge in [-0.3, -0.25) is 4.79 Å². The second-order valence-electron chi connectivity index (χ2n) is 6.61. The minimum atomic E-state index is -0.487. The van der Waals surface area contributed by atoms with Crippen molar-refractivity contribution < 1.29 is 14.3 Å². The van der Waals surface area contributed by atoms with Crippen molar-refractivity contribution in [3.63, 3.8) is 0 Å². The molecule has 2 aromatic rings. The largest absolute Gasteiger partial charge is 0.448 e. The normalized spacial score (nSPS) is 17.7. The van der Waals surface area contributed by atoms with Crippen LogP contribution in [-0.4, -0.2) is 11.7 Å². The number of benzene rings is 2. The van der Waals surface area contributed by atoms with Gasteiger partial charge in [0.25, 0.3) is 11.7 Å². The highest BCUT2D eigenvalue weighted by atomic mass is 16.7. The summed E-state index contributed by atoms with van der Waals surface area (Å²) in [4.78, 5) is 12.4. The van der Waals surface area contributed by atoms with Crippen LogP contribution in [0.4, 0.5) is 5.69 Å². The molecule has 0 atom stereocenters. The zero-order valence-electron chi connectivity index (χ0n) is 13.8. The fraction of sp³-hybridized carbons (Fsp3) is 0.350. The van der Waals surface area contributed by atoms with E-state index in [-0.39, 0.29) is 5.91 Å². The Balaban J connectivity index is 1.52. The Bertz CT molecular complexity index is 778. The molecular formula is C20H21NO3. The fourth-order valence-electron chi connectivity index (χ4n) is 3.49. The number of anilines is 1. The Morgan fingerprint density at radius 2 is 1.75 bits per heavy atom. The van der Waals surface area contributed by atoms with Gasteiger partial charge in [-0.2, -0.15) is 0 Å². The molecule has 1 heterocycles. The molecule has 0 saturated heterocycles. The molecule has 0 aromatic heterocycles. The van der Waals surface area contributed by atoms with Crippen LogP contribution in [-0.2, 0) is 0 Å². The number of amides is 1. The summed E-state index contributed by atoms with van der Waals surface area (Å²) in [5.74, 6) is 0.892. The van der Waals surface area contributed by atoms with Crippen LogP contribution in [0.1, 0.15) is 48.0 Å². The van der Waals surface area contributed by atoms with Crippen LogP contribution in [0.25, 0.3) is 0 Å². The van der Waals surface area contributed by atoms with Crippen LogP contribution in [0.5, 0.6) is 11.5 Å². The Morgan fingerprint density at radius 1 is 1.00 bits per heavy atom. The first-order valence-electron chi connectivity index (χ1n) is 8.54. The molecule has 1 spiro atoms. The quantitative estimate of drug-likeness (QED) is 0.873. The molecule has 2 aliphatic rings. The van der Waals surface area contributed by atoms with Crippen molar-refractivity contribution in [2.45, 2.75) is 44.8 Å². The minimum absolute atomic E-state index is 0.112. The van der Waals surface area contributed by atoms with Crippen LogP contribution < -0.4 is 14.8 Å². The van der Waals surface area contributed by atoms with E-state index in [1.165, 1.54) is 6.42 Å². The molecule has 0 unspecified atom stereocenters. The summed E-state index contributed by atoms with van der Waals surface area (Å²) in [5, 5.41) is 2.95. The van der Waals surface area contributed by atoms with Gasteiger partial charge in [0.15, 0.2) is 11.5 Å². The minimum Gasteiger partial charge on any atom is -0.448 e. The number of aryl methyl sites for hydroxylation is 1. The molecule has 0 bridgehead atoms. The highest BCUT2D eigenvalue weighted by Gasteiger charge is 2.42. The van der Waals surface area contributed by atoms with Crippen molar-refractivity contribution in [2.75, 3.05) is 5.32 Å². The van der Waals surface area contributed by atoms with E-state index in [1.807, 2.05) is 49.4 Å². The maximum atomic E-state index is 12.4. The number of carbonyl (C=O) groups excluding carboxylic acids is 1. The zero-order chi connectivity index (χ0) is 16.6. The highest BCUT2D eigenvalue weighted by Crippen LogP contribution is 2.46. The monoisotopic (exact) mass is 323 g/mol. The second kappa shape index (κ2) is 5.86. The van der Waals surface area contributed by atoms with Crippen LogP contribution in [0.2, 0.25) is 0 Å². The third kappa shape index (κ3) is 2.73. The molecule has 1 aliphatic heterocycles. The van der Waals surface area contributed by atoms with Crippen LogP contribution >= 0.6 is 0 Å². The second-order valence-corrected chi connectivity index (χ2v) is 6.61. The van der Waals surface area contributed by atoms with Gasteiger partial charge in [-0.05, 0) is 43.5 Å². The van der Waals surface area contributed by atoms with Crippen molar-refractivity contribution in [1.29, 1.82) is 0 Å². The standard InChI is InChI=1S/C20H21NO3/c1-14-7-3-4-8-16(14)19(22)21-15-9-10-17-18(13-15)24-20(23-17)11-5-2-6-12-20/h3-4,7-10,13H,2,5-6,11-12H2,1H3,(H,21,22). The first-order valence-corrected chi connectivity index (χ1v) is 8.54. The van der Waals surface area contributed by atoms with Gasteiger partial charge in [-0.25, -0.2) is 0 Å². The molecule has 1 aliphatic carbocycles. The predicted octanol–water partition coefficient (Wildman–Crippen LogP) is 4.68. The lowest BCUT2D eigenvalue weighted by molar-refractivity contribution is -0.105. The van der Waals surface area contributed by atoms with E-state index in [4.69, 9.17) is 9.47 Å². The van der Waals surface area contributed by atoms with Crippen molar-refractivity contribution in [3.8, 4) is 11.5 Å². The molecular weight excluding hydrogens is 302 g/mol. The van der Waals surface area contributed by atoms with Gasteiger partial charge >= 0.3 is 0 Å². The van der Waals surface area contributed by atoms with Crippen molar-refractivity contribution >= 4 is 11.6 Å². The number of fused-ring (bicyclic) bond motifs is 1. The maximum Gasteiger partial charge on any atom is 0.255 e. The van der Waals surface area contributed by atoms with Crippen molar-refractivity contribution in [2.24, 2.45) is 0 Å². The molecule has 0 radical (unpaired) electrons. The average Bonchev–Trinajstić information content (AvgIpc) is 2.92. The van der Waals surface area contributed by atoms with E-state index in [0.29, 0.717) is 5.56 Å². The van der Waals surface area contributed by atoms with Gasteiger partial charge in [0, 0.05) is 30.2 Å². The summed E-state index contributed by atoms with van der Waals surface area (Å²) < 4.78 is 12.2. The van der Waals surface area contributed by atoms with E-state index < -0.39 is 5.79 Å². The van der Waals surface area contributed by atoms with E-state index >= 15 is 0 Å². The lowest BCUT2D eigenvalue weighted by Gasteiger charge is -2.31. The van der Waals surface area contributed by atoms with Gasteiger partial charge in [0.2, 0.25) is 0 Å². The molecule has 1 N–H and O–H groups in total. The number of hydrogen-bond acceptors (Lipinski definition) is 3. The Labute approximate surface area is 141 Å². The Hall–Kier alpha value is -2.49. The van der Waals surface area contributed by atoms with Gasteiger partial charge < -0.3 is 14.8 Å². The number of nitrogens with one attached hydrogen (secondary N) is 1. The van der Waals surface area contributed by atoms with Crippen LogP contribution in [0.3, 0.4) is 0 Å². The molecule has 124 valence electrons. The summed E-state index contributed by atoms with van der Waals surface area (Å²) in [6, 6.07) is 13.2. The lowest BCUT2D eigenvalue weighted by atomic mass is 9.94. The zero-order valence-corrected chi connectivity index (χ0v) is 13.8. The first-order chi connectivity index (χ1) is 11.7. The molecule has 1 saturated carbocycles. The number of hydrogen-bond donors (Lipinski definition) is 1. The molecule has 2 aromatic carbocycles. The van der Waals surface area contributed by atoms with Crippen LogP contribution in [0, 0.1) is 6.92 Å². The molecule has 24 heavy (non-hydrogen) atoms. The molecule has 4 heteroatoms. The molecule has 4 nitrogen and oxygen atoms in total. The molecule has 1 amide bonds. The topological polar surface area (TPSA) is 47.6 Å². The summed E-state index contributed by atoms with van der Waals surface area (Å²) in [5.41, 5.74) is 2.36. The van der Waals surface area contributed by atoms with Crippen molar-refractivity contribution in [3.05, 3.63) is 53.6 Å². The SMILES string of the molecule is Cc1ccccc1C(=O)Nc1ccc2c(c1)OC1(CCCCC1)O2. The van der Waals surface area contributed by atoms with E-state index in [1.54, 1.807) is 0 Å². The predicted molar refractivity (Wildman–Crippen MR) is 92.6 cm³/mol. The average molecular weight is 323 g/mol. The van der Waals surface area contributed by atoms with E-state index in [9.17, 15) is 4.79 Å².